The monoisotopic (exact) mass is 450 g/mol. The second-order valence-corrected chi connectivity index (χ2v) is 6.72. The Balaban J connectivity index is 0.00000288. The van der Waals surface area contributed by atoms with Crippen molar-refractivity contribution in [3.63, 3.8) is 0 Å². The van der Waals surface area contributed by atoms with Gasteiger partial charge in [-0.05, 0) is 27.2 Å². The fraction of sp³-hybridized carbons (Fsp3) is 0.733. The summed E-state index contributed by atoms with van der Waals surface area (Å²) in [4.78, 5) is 18.5. The molecule has 0 spiro atoms. The van der Waals surface area contributed by atoms with E-state index in [0.29, 0.717) is 13.1 Å². The first-order valence-corrected chi connectivity index (χ1v) is 7.81. The van der Waals surface area contributed by atoms with E-state index in [2.05, 4.69) is 25.4 Å². The number of hydrogen-bond acceptors (Lipinski definition) is 5. The fourth-order valence-electron chi connectivity index (χ4n) is 2.49. The van der Waals surface area contributed by atoms with Crippen molar-refractivity contribution < 1.29 is 9.53 Å². The normalized spacial score (nSPS) is 18.3. The molecule has 1 unspecified atom stereocenters. The Bertz CT molecular complexity index is 581. The second kappa shape index (κ2) is 8.63. The number of hydrogen-bond donors (Lipinski definition) is 1. The number of aliphatic imine (C=N–C) groups is 1. The average Bonchev–Trinajstić information content (AvgIpc) is 3.08. The third kappa shape index (κ3) is 5.60. The number of halogens is 1. The molecule has 0 saturated carbocycles. The number of nitrogens with one attached hydrogen (secondary N) is 1. The van der Waals surface area contributed by atoms with Crippen LogP contribution in [0.5, 0.6) is 0 Å². The first-order valence-electron chi connectivity index (χ1n) is 7.81. The summed E-state index contributed by atoms with van der Waals surface area (Å²) in [5.41, 5.74) is -0.449. The van der Waals surface area contributed by atoms with Crippen LogP contribution in [0.1, 0.15) is 33.0 Å². The highest BCUT2D eigenvalue weighted by Gasteiger charge is 2.33. The Hall–Kier alpha value is -1.39. The van der Waals surface area contributed by atoms with Gasteiger partial charge in [-0.1, -0.05) is 0 Å². The summed E-state index contributed by atoms with van der Waals surface area (Å²) in [6.07, 6.45) is 2.44. The van der Waals surface area contributed by atoms with Crippen LogP contribution in [-0.2, 0) is 23.1 Å². The molecule has 136 valence electrons. The third-order valence-corrected chi connectivity index (χ3v) is 3.65. The Labute approximate surface area is 160 Å². The molecule has 1 fully saturated rings. The largest absolute Gasteiger partial charge is 0.460 e. The van der Waals surface area contributed by atoms with Gasteiger partial charge in [0, 0.05) is 27.2 Å². The number of aryl methyl sites for hydroxylation is 1. The minimum Gasteiger partial charge on any atom is -0.460 e. The topological polar surface area (TPSA) is 84.6 Å². The van der Waals surface area contributed by atoms with Crippen molar-refractivity contribution in [1.29, 1.82) is 0 Å². The van der Waals surface area contributed by atoms with Crippen LogP contribution in [0.2, 0.25) is 0 Å². The number of aromatic nitrogens is 3. The zero-order valence-corrected chi connectivity index (χ0v) is 17.3. The highest BCUT2D eigenvalue weighted by atomic mass is 127. The lowest BCUT2D eigenvalue weighted by molar-refractivity contribution is -0.159. The average molecular weight is 450 g/mol. The van der Waals surface area contributed by atoms with Crippen LogP contribution in [0.15, 0.2) is 11.3 Å². The summed E-state index contributed by atoms with van der Waals surface area (Å²) in [6.45, 7) is 7.60. The van der Waals surface area contributed by atoms with Crippen LogP contribution in [0, 0.1) is 5.92 Å². The maximum absolute atomic E-state index is 12.2. The quantitative estimate of drug-likeness (QED) is 0.322. The predicted octanol–water partition coefficient (Wildman–Crippen LogP) is 1.17. The maximum atomic E-state index is 12.2. The molecule has 1 atom stereocenters. The van der Waals surface area contributed by atoms with Crippen LogP contribution in [-0.4, -0.2) is 57.3 Å². The van der Waals surface area contributed by atoms with Crippen molar-refractivity contribution in [2.75, 3.05) is 20.1 Å². The van der Waals surface area contributed by atoms with E-state index in [4.69, 9.17) is 4.74 Å². The lowest BCUT2D eigenvalue weighted by Crippen LogP contribution is -2.40. The van der Waals surface area contributed by atoms with E-state index in [1.165, 1.54) is 0 Å². The SMILES string of the molecule is CN=C(NCc1nncn1C)N1CCC(C(=O)OC(C)(C)C)C1.I. The molecule has 0 aromatic carbocycles. The lowest BCUT2D eigenvalue weighted by atomic mass is 10.1. The first-order chi connectivity index (χ1) is 10.8. The molecule has 1 aliphatic heterocycles. The molecular weight excluding hydrogens is 423 g/mol. The molecule has 1 aromatic rings. The van der Waals surface area contributed by atoms with E-state index in [-0.39, 0.29) is 35.9 Å². The molecule has 0 aliphatic carbocycles. The van der Waals surface area contributed by atoms with Crippen molar-refractivity contribution in [3.8, 4) is 0 Å². The second-order valence-electron chi connectivity index (χ2n) is 6.72. The molecule has 2 rings (SSSR count). The number of carbonyl (C=O) groups excluding carboxylic acids is 1. The molecule has 24 heavy (non-hydrogen) atoms. The van der Waals surface area contributed by atoms with E-state index in [1.807, 2.05) is 32.4 Å². The Morgan fingerprint density at radius 3 is 2.75 bits per heavy atom. The number of likely N-dealkylation sites (tertiary alicyclic amines) is 1. The molecule has 1 aliphatic rings. The van der Waals surface area contributed by atoms with Gasteiger partial charge < -0.3 is 19.5 Å². The molecule has 0 amide bonds. The summed E-state index contributed by atoms with van der Waals surface area (Å²) >= 11 is 0. The highest BCUT2D eigenvalue weighted by Crippen LogP contribution is 2.20. The number of rotatable bonds is 3. The van der Waals surface area contributed by atoms with E-state index in [0.717, 1.165) is 24.7 Å². The minimum absolute atomic E-state index is 0. The number of guanidine groups is 1. The Kier molecular flexibility index (Phi) is 7.43. The van der Waals surface area contributed by atoms with Gasteiger partial charge in [-0.15, -0.1) is 34.2 Å². The standard InChI is InChI=1S/C15H26N6O2.HI/c1-15(2,3)23-13(22)11-6-7-21(9-11)14(16-4)17-8-12-19-18-10-20(12)5;/h10-11H,6-9H2,1-5H3,(H,16,17);1H. The van der Waals surface area contributed by atoms with Crippen LogP contribution in [0.4, 0.5) is 0 Å². The van der Waals surface area contributed by atoms with Gasteiger partial charge in [-0.3, -0.25) is 9.79 Å². The molecule has 2 heterocycles. The van der Waals surface area contributed by atoms with E-state index < -0.39 is 5.60 Å². The van der Waals surface area contributed by atoms with Gasteiger partial charge in [-0.25, -0.2) is 0 Å². The summed E-state index contributed by atoms with van der Waals surface area (Å²) in [5, 5.41) is 11.1. The van der Waals surface area contributed by atoms with Crippen LogP contribution in [0.3, 0.4) is 0 Å². The molecule has 1 aromatic heterocycles. The molecule has 9 heteroatoms. The predicted molar refractivity (Wildman–Crippen MR) is 102 cm³/mol. The fourth-order valence-corrected chi connectivity index (χ4v) is 2.49. The third-order valence-electron chi connectivity index (χ3n) is 3.65. The van der Waals surface area contributed by atoms with Crippen molar-refractivity contribution >= 4 is 35.9 Å². The zero-order valence-electron chi connectivity index (χ0n) is 14.9. The van der Waals surface area contributed by atoms with E-state index in [9.17, 15) is 4.79 Å². The minimum atomic E-state index is -0.449. The molecular formula is C15H27IN6O2. The Morgan fingerprint density at radius 1 is 1.50 bits per heavy atom. The van der Waals surface area contributed by atoms with Crippen molar-refractivity contribution in [1.82, 2.24) is 25.0 Å². The summed E-state index contributed by atoms with van der Waals surface area (Å²) in [5.74, 6) is 1.35. The highest BCUT2D eigenvalue weighted by molar-refractivity contribution is 14.0. The van der Waals surface area contributed by atoms with Gasteiger partial charge in [0.25, 0.3) is 0 Å². The smallest absolute Gasteiger partial charge is 0.311 e. The van der Waals surface area contributed by atoms with Crippen molar-refractivity contribution in [2.24, 2.45) is 18.0 Å². The van der Waals surface area contributed by atoms with Gasteiger partial charge >= 0.3 is 5.97 Å². The van der Waals surface area contributed by atoms with E-state index in [1.54, 1.807) is 13.4 Å². The van der Waals surface area contributed by atoms with Gasteiger partial charge in [0.2, 0.25) is 0 Å². The maximum Gasteiger partial charge on any atom is 0.311 e. The number of esters is 1. The van der Waals surface area contributed by atoms with Crippen molar-refractivity contribution in [3.05, 3.63) is 12.2 Å². The van der Waals surface area contributed by atoms with Crippen LogP contribution in [0.25, 0.3) is 0 Å². The number of nitrogens with zero attached hydrogens (tertiary/aromatic N) is 5. The molecule has 1 N–H and O–H groups in total. The molecule has 0 bridgehead atoms. The van der Waals surface area contributed by atoms with E-state index >= 15 is 0 Å². The molecule has 8 nitrogen and oxygen atoms in total. The molecule has 1 saturated heterocycles. The van der Waals surface area contributed by atoms with Gasteiger partial charge in [-0.2, -0.15) is 0 Å². The van der Waals surface area contributed by atoms with Gasteiger partial charge in [0.15, 0.2) is 11.8 Å². The number of carbonyl (C=O) groups is 1. The first kappa shape index (κ1) is 20.7. The van der Waals surface area contributed by atoms with Crippen LogP contribution >= 0.6 is 24.0 Å². The molecule has 0 radical (unpaired) electrons. The van der Waals surface area contributed by atoms with Crippen molar-refractivity contribution in [2.45, 2.75) is 39.3 Å². The summed E-state index contributed by atoms with van der Waals surface area (Å²) in [7, 11) is 3.63. The van der Waals surface area contributed by atoms with Gasteiger partial charge in [0.1, 0.15) is 11.9 Å². The van der Waals surface area contributed by atoms with Crippen LogP contribution < -0.4 is 5.32 Å². The summed E-state index contributed by atoms with van der Waals surface area (Å²) in [6, 6.07) is 0. The summed E-state index contributed by atoms with van der Waals surface area (Å²) < 4.78 is 7.33. The number of ether oxygens (including phenoxy) is 1. The van der Waals surface area contributed by atoms with Gasteiger partial charge in [0.05, 0.1) is 12.5 Å². The Morgan fingerprint density at radius 2 is 2.21 bits per heavy atom. The zero-order chi connectivity index (χ0) is 17.0. The lowest BCUT2D eigenvalue weighted by Gasteiger charge is -2.23.